The van der Waals surface area contributed by atoms with Crippen molar-refractivity contribution in [3.8, 4) is 0 Å². The summed E-state index contributed by atoms with van der Waals surface area (Å²) < 4.78 is 58.0. The molecule has 39 heavy (non-hydrogen) atoms. The second-order valence-electron chi connectivity index (χ2n) is 11.5. The molecule has 0 bridgehead atoms. The smallest absolute Gasteiger partial charge is 0.379 e. The van der Waals surface area contributed by atoms with Gasteiger partial charge in [0.05, 0.1) is 30.5 Å². The Kier molecular flexibility index (Phi) is 7.41. The van der Waals surface area contributed by atoms with Gasteiger partial charge < -0.3 is 19.1 Å². The predicted octanol–water partition coefficient (Wildman–Crippen LogP) is 5.21. The van der Waals surface area contributed by atoms with Crippen molar-refractivity contribution in [2.24, 2.45) is 23.7 Å². The van der Waals surface area contributed by atoms with Crippen LogP contribution in [0.4, 0.5) is 13.2 Å². The summed E-state index contributed by atoms with van der Waals surface area (Å²) in [6, 6.07) is 11.3. The zero-order valence-corrected chi connectivity index (χ0v) is 22.1. The van der Waals surface area contributed by atoms with Crippen molar-refractivity contribution in [1.82, 2.24) is 9.88 Å². The molecule has 2 saturated heterocycles. The molecule has 210 valence electrons. The van der Waals surface area contributed by atoms with Gasteiger partial charge in [-0.3, -0.25) is 9.78 Å². The van der Waals surface area contributed by atoms with Gasteiger partial charge in [0.15, 0.2) is 0 Å². The number of halogens is 3. The number of methoxy groups -OCH3 is 1. The lowest BCUT2D eigenvalue weighted by Crippen LogP contribution is -2.44. The molecular weight excluding hydrogens is 509 g/mol. The minimum absolute atomic E-state index is 0.00153. The molecule has 3 fully saturated rings. The van der Waals surface area contributed by atoms with Crippen LogP contribution in [0.2, 0.25) is 0 Å². The number of nitrogens with zero attached hydrogens (tertiary/aromatic N) is 2. The average molecular weight is 545 g/mol. The van der Waals surface area contributed by atoms with Crippen LogP contribution in [0.1, 0.15) is 54.2 Å². The average Bonchev–Trinajstić information content (AvgIpc) is 3.50. The first-order chi connectivity index (χ1) is 18.8. The number of fused-ring (bicyclic) bond motifs is 2. The second kappa shape index (κ2) is 10.8. The normalized spacial score (nSPS) is 32.6. The summed E-state index contributed by atoms with van der Waals surface area (Å²) in [6.07, 6.45) is 0.160. The standard InChI is InChI=1S/C30H35F3N2O4/c1-37-27-17-38-10-8-19(27)11-20-13-26-23(14-25(39-26)18-5-3-2-4-6-18)28(20)29(36)35-9-7-24-21(16-35)12-22(15-34-24)30(31,32)33/h2-6,12,15,19-20,23,25-28H,7-11,13-14,16-17H2,1H3/t19?,20-,23-,25?,26-,27?,28-/m1/s1. The summed E-state index contributed by atoms with van der Waals surface area (Å²) in [7, 11) is 1.71. The lowest BCUT2D eigenvalue weighted by molar-refractivity contribution is -0.140. The Bertz CT molecular complexity index is 1180. The number of amides is 1. The van der Waals surface area contributed by atoms with Gasteiger partial charge in [-0.1, -0.05) is 30.3 Å². The van der Waals surface area contributed by atoms with Gasteiger partial charge in [-0.2, -0.15) is 13.2 Å². The van der Waals surface area contributed by atoms with Crippen molar-refractivity contribution in [2.75, 3.05) is 26.9 Å². The molecule has 2 aromatic rings. The lowest BCUT2D eigenvalue weighted by atomic mass is 9.78. The Morgan fingerprint density at radius 2 is 2.00 bits per heavy atom. The molecule has 4 aliphatic rings. The fraction of sp³-hybridized carbons (Fsp3) is 0.600. The van der Waals surface area contributed by atoms with E-state index in [4.69, 9.17) is 14.2 Å². The highest BCUT2D eigenvalue weighted by Crippen LogP contribution is 2.53. The highest BCUT2D eigenvalue weighted by Gasteiger charge is 2.54. The van der Waals surface area contributed by atoms with Crippen LogP contribution < -0.4 is 0 Å². The number of alkyl halides is 3. The molecular formula is C30H35F3N2O4. The van der Waals surface area contributed by atoms with Crippen LogP contribution in [0, 0.1) is 23.7 Å². The molecule has 1 aliphatic carbocycles. The van der Waals surface area contributed by atoms with Crippen molar-refractivity contribution in [2.45, 2.75) is 63.1 Å². The van der Waals surface area contributed by atoms with E-state index in [1.54, 1.807) is 12.0 Å². The summed E-state index contributed by atoms with van der Waals surface area (Å²) in [4.78, 5) is 20.1. The van der Waals surface area contributed by atoms with Crippen LogP contribution in [0.3, 0.4) is 0 Å². The minimum atomic E-state index is -4.46. The number of hydrogen-bond acceptors (Lipinski definition) is 5. The maximum Gasteiger partial charge on any atom is 0.417 e. The maximum absolute atomic E-state index is 14.3. The van der Waals surface area contributed by atoms with Crippen LogP contribution >= 0.6 is 0 Å². The molecule has 1 aromatic heterocycles. The third-order valence-electron chi connectivity index (χ3n) is 9.29. The van der Waals surface area contributed by atoms with E-state index in [2.05, 4.69) is 17.1 Å². The first-order valence-corrected chi connectivity index (χ1v) is 14.0. The molecule has 3 unspecified atom stereocenters. The summed E-state index contributed by atoms with van der Waals surface area (Å²) in [6.45, 7) is 1.87. The highest BCUT2D eigenvalue weighted by atomic mass is 19.4. The zero-order valence-electron chi connectivity index (χ0n) is 22.1. The molecule has 4 heterocycles. The van der Waals surface area contributed by atoms with Crippen LogP contribution in [0.15, 0.2) is 42.6 Å². The van der Waals surface area contributed by atoms with Gasteiger partial charge in [0.1, 0.15) is 0 Å². The largest absolute Gasteiger partial charge is 0.417 e. The monoisotopic (exact) mass is 544 g/mol. The third-order valence-corrected chi connectivity index (χ3v) is 9.29. The zero-order chi connectivity index (χ0) is 27.1. The van der Waals surface area contributed by atoms with Gasteiger partial charge in [0, 0.05) is 51.0 Å². The second-order valence-corrected chi connectivity index (χ2v) is 11.5. The summed E-state index contributed by atoms with van der Waals surface area (Å²) in [5, 5.41) is 0. The van der Waals surface area contributed by atoms with Gasteiger partial charge in [-0.15, -0.1) is 0 Å². The van der Waals surface area contributed by atoms with Crippen LogP contribution in [-0.2, 0) is 38.1 Å². The number of rotatable bonds is 5. The molecule has 1 aromatic carbocycles. The van der Waals surface area contributed by atoms with Gasteiger partial charge in [-0.25, -0.2) is 0 Å². The lowest BCUT2D eigenvalue weighted by Gasteiger charge is -2.36. The maximum atomic E-state index is 14.3. The van der Waals surface area contributed by atoms with E-state index in [0.29, 0.717) is 43.4 Å². The van der Waals surface area contributed by atoms with Crippen molar-refractivity contribution >= 4 is 5.91 Å². The minimum Gasteiger partial charge on any atom is -0.379 e. The number of ether oxygens (including phenoxy) is 3. The van der Waals surface area contributed by atoms with E-state index in [0.717, 1.165) is 43.5 Å². The number of pyridine rings is 1. The first kappa shape index (κ1) is 26.7. The van der Waals surface area contributed by atoms with Crippen molar-refractivity contribution < 1.29 is 32.2 Å². The SMILES string of the molecule is COC1COCCC1C[C@@H]1C[C@H]2OC(c3ccccc3)C[C@H]2[C@@H]1C(=O)N1CCc2ncc(C(F)(F)F)cc2C1. The van der Waals surface area contributed by atoms with Crippen molar-refractivity contribution in [3.05, 3.63) is 65.0 Å². The van der Waals surface area contributed by atoms with Crippen molar-refractivity contribution in [3.63, 3.8) is 0 Å². The van der Waals surface area contributed by atoms with E-state index >= 15 is 0 Å². The van der Waals surface area contributed by atoms with Crippen molar-refractivity contribution in [1.29, 1.82) is 0 Å². The molecule has 1 amide bonds. The number of aromatic nitrogens is 1. The summed E-state index contributed by atoms with van der Waals surface area (Å²) >= 11 is 0. The van der Waals surface area contributed by atoms with Crippen LogP contribution in [0.25, 0.3) is 0 Å². The molecule has 1 saturated carbocycles. The number of carbonyl (C=O) groups is 1. The number of benzene rings is 1. The fourth-order valence-electron chi connectivity index (χ4n) is 7.33. The van der Waals surface area contributed by atoms with E-state index in [1.807, 2.05) is 18.2 Å². The molecule has 7 atom stereocenters. The molecule has 0 radical (unpaired) electrons. The topological polar surface area (TPSA) is 60.9 Å². The Balaban J connectivity index is 1.25. The summed E-state index contributed by atoms with van der Waals surface area (Å²) in [5.74, 6) is 0.312. The quantitative estimate of drug-likeness (QED) is 0.517. The Hall–Kier alpha value is -2.49. The van der Waals surface area contributed by atoms with Gasteiger partial charge in [0.25, 0.3) is 0 Å². The van der Waals surface area contributed by atoms with E-state index in [-0.39, 0.29) is 48.5 Å². The van der Waals surface area contributed by atoms with E-state index in [9.17, 15) is 18.0 Å². The Morgan fingerprint density at radius 1 is 1.18 bits per heavy atom. The highest BCUT2D eigenvalue weighted by molar-refractivity contribution is 5.80. The van der Waals surface area contributed by atoms with E-state index in [1.165, 1.54) is 0 Å². The molecule has 3 aliphatic heterocycles. The Morgan fingerprint density at radius 3 is 2.77 bits per heavy atom. The molecule has 9 heteroatoms. The molecule has 6 rings (SSSR count). The van der Waals surface area contributed by atoms with Crippen LogP contribution in [-0.4, -0.2) is 54.9 Å². The van der Waals surface area contributed by atoms with Gasteiger partial charge in [0.2, 0.25) is 5.91 Å². The molecule has 0 spiro atoms. The molecule has 6 nitrogen and oxygen atoms in total. The van der Waals surface area contributed by atoms with Gasteiger partial charge in [-0.05, 0) is 60.6 Å². The first-order valence-electron chi connectivity index (χ1n) is 14.0. The van der Waals surface area contributed by atoms with E-state index < -0.39 is 11.7 Å². The third kappa shape index (κ3) is 5.33. The van der Waals surface area contributed by atoms with Crippen LogP contribution in [0.5, 0.6) is 0 Å². The summed E-state index contributed by atoms with van der Waals surface area (Å²) in [5.41, 5.74) is 1.49. The Labute approximate surface area is 226 Å². The fourth-order valence-corrected chi connectivity index (χ4v) is 7.33. The number of carbonyl (C=O) groups excluding carboxylic acids is 1. The molecule has 0 N–H and O–H groups in total. The number of hydrogen-bond donors (Lipinski definition) is 0. The van der Waals surface area contributed by atoms with Gasteiger partial charge >= 0.3 is 6.18 Å². The predicted molar refractivity (Wildman–Crippen MR) is 136 cm³/mol.